The summed E-state index contributed by atoms with van der Waals surface area (Å²) in [5.74, 6) is 0. The zero-order valence-corrected chi connectivity index (χ0v) is 5.81. The Morgan fingerprint density at radius 1 is 1.78 bits per heavy atom. The normalized spacial score (nSPS) is 17.1. The van der Waals surface area contributed by atoms with Crippen LogP contribution in [0.4, 0.5) is 0 Å². The van der Waals surface area contributed by atoms with Gasteiger partial charge in [-0.25, -0.2) is 5.43 Å². The summed E-state index contributed by atoms with van der Waals surface area (Å²) < 4.78 is 0. The first-order chi connectivity index (χ1) is 4.33. The van der Waals surface area contributed by atoms with Gasteiger partial charge in [0.1, 0.15) is 5.16 Å². The van der Waals surface area contributed by atoms with E-state index in [-0.39, 0.29) is 0 Å². The fourth-order valence-corrected chi connectivity index (χ4v) is 0.707. The highest BCUT2D eigenvalue weighted by Gasteiger charge is 1.97. The lowest BCUT2D eigenvalue weighted by Gasteiger charge is -2.17. The Kier molecular flexibility index (Phi) is 1.97. The van der Waals surface area contributed by atoms with Gasteiger partial charge in [-0.1, -0.05) is 11.6 Å². The van der Waals surface area contributed by atoms with Crippen LogP contribution in [0.1, 0.15) is 0 Å². The summed E-state index contributed by atoms with van der Waals surface area (Å²) in [6.45, 7) is 0. The molecule has 0 fully saturated rings. The van der Waals surface area contributed by atoms with Crippen LogP contribution in [0.25, 0.3) is 0 Å². The summed E-state index contributed by atoms with van der Waals surface area (Å²) in [7, 11) is 1.82. The Hall–Kier alpha value is -0.670. The van der Waals surface area contributed by atoms with Crippen LogP contribution in [0.5, 0.6) is 0 Å². The quantitative estimate of drug-likeness (QED) is 0.528. The highest BCUT2D eigenvalue weighted by Crippen LogP contribution is 2.02. The maximum atomic E-state index is 5.61. The zero-order valence-electron chi connectivity index (χ0n) is 5.06. The summed E-state index contributed by atoms with van der Waals surface area (Å²) in [6, 6.07) is 0. The minimum atomic E-state index is 0.604. The number of hydrogen-bond acceptors (Lipinski definition) is 3. The molecule has 4 heteroatoms. The molecule has 0 saturated carbocycles. The molecule has 1 aliphatic rings. The van der Waals surface area contributed by atoms with Gasteiger partial charge < -0.3 is 5.32 Å². The third-order valence-electron chi connectivity index (χ3n) is 0.967. The van der Waals surface area contributed by atoms with Crippen LogP contribution >= 0.6 is 11.6 Å². The van der Waals surface area contributed by atoms with Gasteiger partial charge in [0.05, 0.1) is 6.20 Å². The zero-order chi connectivity index (χ0) is 6.69. The largest absolute Gasteiger partial charge is 0.350 e. The first kappa shape index (κ1) is 6.45. The number of nitrogens with zero attached hydrogens (tertiary/aromatic N) is 1. The molecular formula is C5H8ClN3. The minimum absolute atomic E-state index is 0.604. The lowest BCUT2D eigenvalue weighted by atomic mass is 10.7. The molecule has 0 aromatic heterocycles. The van der Waals surface area contributed by atoms with E-state index in [0.29, 0.717) is 5.16 Å². The van der Waals surface area contributed by atoms with E-state index in [1.165, 1.54) is 0 Å². The van der Waals surface area contributed by atoms with E-state index in [4.69, 9.17) is 11.6 Å². The average Bonchev–Trinajstić information content (AvgIpc) is 1.88. The number of hydrazine groups is 1. The number of nitrogens with one attached hydrogen (secondary N) is 2. The van der Waals surface area contributed by atoms with Crippen LogP contribution in [0.15, 0.2) is 23.8 Å². The molecule has 0 spiro atoms. The van der Waals surface area contributed by atoms with Crippen molar-refractivity contribution in [3.05, 3.63) is 23.8 Å². The average molecular weight is 146 g/mol. The van der Waals surface area contributed by atoms with Crippen LogP contribution in [-0.2, 0) is 0 Å². The van der Waals surface area contributed by atoms with Crippen LogP contribution in [0.2, 0.25) is 0 Å². The minimum Gasteiger partial charge on any atom is -0.350 e. The molecule has 0 aromatic rings. The monoisotopic (exact) mass is 145 g/mol. The van der Waals surface area contributed by atoms with E-state index in [0.717, 1.165) is 0 Å². The second-order valence-electron chi connectivity index (χ2n) is 1.57. The molecule has 1 rings (SSSR count). The van der Waals surface area contributed by atoms with E-state index >= 15 is 0 Å². The van der Waals surface area contributed by atoms with Gasteiger partial charge in [0.15, 0.2) is 0 Å². The molecule has 1 aliphatic heterocycles. The van der Waals surface area contributed by atoms with Crippen molar-refractivity contribution in [3.63, 3.8) is 0 Å². The van der Waals surface area contributed by atoms with Gasteiger partial charge in [0.25, 0.3) is 0 Å². The van der Waals surface area contributed by atoms with Gasteiger partial charge in [-0.3, -0.25) is 5.01 Å². The van der Waals surface area contributed by atoms with E-state index in [1.54, 1.807) is 17.4 Å². The highest BCUT2D eigenvalue weighted by atomic mass is 35.5. The molecule has 1 heterocycles. The molecule has 2 N–H and O–H groups in total. The third kappa shape index (κ3) is 1.62. The van der Waals surface area contributed by atoms with Crippen molar-refractivity contribution in [2.45, 2.75) is 0 Å². The fraction of sp³-hybridized carbons (Fsp3) is 0.200. The van der Waals surface area contributed by atoms with Crippen molar-refractivity contribution in [2.75, 3.05) is 7.05 Å². The van der Waals surface area contributed by atoms with Crippen molar-refractivity contribution >= 4 is 11.6 Å². The molecule has 0 aliphatic carbocycles. The Morgan fingerprint density at radius 2 is 2.56 bits per heavy atom. The van der Waals surface area contributed by atoms with Gasteiger partial charge in [0, 0.05) is 19.4 Å². The molecule has 0 amide bonds. The van der Waals surface area contributed by atoms with Crippen molar-refractivity contribution < 1.29 is 0 Å². The second-order valence-corrected chi connectivity index (χ2v) is 1.98. The Labute approximate surface area is 58.9 Å². The van der Waals surface area contributed by atoms with Crippen molar-refractivity contribution in [1.29, 1.82) is 0 Å². The maximum absolute atomic E-state index is 5.61. The number of halogens is 1. The molecule has 0 atom stereocenters. The highest BCUT2D eigenvalue weighted by molar-refractivity contribution is 6.29. The van der Waals surface area contributed by atoms with Crippen LogP contribution in [-0.4, -0.2) is 12.1 Å². The predicted molar refractivity (Wildman–Crippen MR) is 37.1 cm³/mol. The van der Waals surface area contributed by atoms with Gasteiger partial charge in [-0.2, -0.15) is 0 Å². The summed E-state index contributed by atoms with van der Waals surface area (Å²) in [5.41, 5.74) is 2.88. The van der Waals surface area contributed by atoms with Gasteiger partial charge in [-0.05, 0) is 0 Å². The molecule has 0 unspecified atom stereocenters. The molecule has 9 heavy (non-hydrogen) atoms. The van der Waals surface area contributed by atoms with Crippen LogP contribution in [0, 0.1) is 0 Å². The second kappa shape index (κ2) is 2.75. The molecular weight excluding hydrogens is 138 g/mol. The molecule has 0 saturated heterocycles. The first-order valence-corrected chi connectivity index (χ1v) is 2.97. The Morgan fingerprint density at radius 3 is 3.00 bits per heavy atom. The van der Waals surface area contributed by atoms with Crippen molar-refractivity contribution in [3.8, 4) is 0 Å². The van der Waals surface area contributed by atoms with Gasteiger partial charge in [-0.15, -0.1) is 0 Å². The lowest BCUT2D eigenvalue weighted by molar-refractivity contribution is 0.398. The first-order valence-electron chi connectivity index (χ1n) is 2.59. The molecule has 50 valence electrons. The fourth-order valence-electron chi connectivity index (χ4n) is 0.539. The SMILES string of the molecule is CNN1C=CNC(Cl)=C1. The van der Waals surface area contributed by atoms with Crippen molar-refractivity contribution in [1.82, 2.24) is 15.8 Å². The van der Waals surface area contributed by atoms with E-state index < -0.39 is 0 Å². The number of rotatable bonds is 1. The summed E-state index contributed by atoms with van der Waals surface area (Å²) in [6.07, 6.45) is 5.31. The Bertz CT molecular complexity index is 152. The maximum Gasteiger partial charge on any atom is 0.124 e. The van der Waals surface area contributed by atoms with Gasteiger partial charge >= 0.3 is 0 Å². The van der Waals surface area contributed by atoms with E-state index in [2.05, 4.69) is 10.7 Å². The molecule has 0 aromatic carbocycles. The predicted octanol–water partition coefficient (Wildman–Crippen LogP) is 0.535. The molecule has 3 nitrogen and oxygen atoms in total. The summed E-state index contributed by atoms with van der Waals surface area (Å²) in [5, 5.41) is 5.16. The van der Waals surface area contributed by atoms with Crippen molar-refractivity contribution in [2.24, 2.45) is 0 Å². The third-order valence-corrected chi connectivity index (χ3v) is 1.17. The Balaban J connectivity index is 2.55. The summed E-state index contributed by atoms with van der Waals surface area (Å²) in [4.78, 5) is 0. The number of hydrogen-bond donors (Lipinski definition) is 2. The van der Waals surface area contributed by atoms with Gasteiger partial charge in [0.2, 0.25) is 0 Å². The van der Waals surface area contributed by atoms with E-state index in [1.807, 2.05) is 13.2 Å². The standard InChI is InChI=1S/C5H8ClN3/c1-7-9-3-2-8-5(6)4-9/h2-4,7-8H,1H3. The lowest BCUT2D eigenvalue weighted by Crippen LogP contribution is -2.28. The summed E-state index contributed by atoms with van der Waals surface area (Å²) >= 11 is 5.61. The molecule has 0 radical (unpaired) electrons. The van der Waals surface area contributed by atoms with Crippen LogP contribution < -0.4 is 10.7 Å². The smallest absolute Gasteiger partial charge is 0.124 e. The molecule has 0 bridgehead atoms. The van der Waals surface area contributed by atoms with Crippen LogP contribution in [0.3, 0.4) is 0 Å². The van der Waals surface area contributed by atoms with E-state index in [9.17, 15) is 0 Å². The topological polar surface area (TPSA) is 27.3 Å².